The Morgan fingerprint density at radius 3 is 2.56 bits per heavy atom. The van der Waals surface area contributed by atoms with Crippen LogP contribution >= 0.6 is 0 Å². The van der Waals surface area contributed by atoms with Crippen LogP contribution in [-0.2, 0) is 14.3 Å². The van der Waals surface area contributed by atoms with Gasteiger partial charge in [0.1, 0.15) is 0 Å². The van der Waals surface area contributed by atoms with Crippen molar-refractivity contribution in [2.75, 3.05) is 32.8 Å². The van der Waals surface area contributed by atoms with Gasteiger partial charge in [-0.25, -0.2) is 0 Å². The van der Waals surface area contributed by atoms with E-state index in [1.165, 1.54) is 0 Å². The molecule has 0 aromatic heterocycles. The van der Waals surface area contributed by atoms with Crippen LogP contribution in [0.4, 0.5) is 0 Å². The van der Waals surface area contributed by atoms with Crippen LogP contribution < -0.4 is 5.32 Å². The molecule has 0 aromatic rings. The van der Waals surface area contributed by atoms with Gasteiger partial charge in [0.05, 0.1) is 19.8 Å². The van der Waals surface area contributed by atoms with Crippen molar-refractivity contribution in [3.8, 4) is 0 Å². The number of rotatable bonds is 4. The maximum absolute atomic E-state index is 11.7. The average molecular weight is 228 g/mol. The van der Waals surface area contributed by atoms with Crippen molar-refractivity contribution in [3.63, 3.8) is 0 Å². The molecule has 0 aliphatic carbocycles. The lowest BCUT2D eigenvalue weighted by Gasteiger charge is -2.27. The van der Waals surface area contributed by atoms with Gasteiger partial charge in [-0.3, -0.25) is 9.59 Å². The molecule has 1 heterocycles. The lowest BCUT2D eigenvalue weighted by atomic mass is 10.1. The van der Waals surface area contributed by atoms with Crippen LogP contribution in [-0.4, -0.2) is 49.6 Å². The standard InChI is InChI=1S/C11H20N2O3/c1-3-9(2)11(15)12-8-10(14)13-4-6-16-7-5-13/h9H,3-8H2,1-2H3,(H,12,15). The Labute approximate surface area is 96.1 Å². The van der Waals surface area contributed by atoms with Crippen LogP contribution in [0.25, 0.3) is 0 Å². The molecule has 1 aliphatic rings. The monoisotopic (exact) mass is 228 g/mol. The van der Waals surface area contributed by atoms with Crippen molar-refractivity contribution in [1.29, 1.82) is 0 Å². The second kappa shape index (κ2) is 6.48. The summed E-state index contributed by atoms with van der Waals surface area (Å²) in [7, 11) is 0. The minimum atomic E-state index is -0.0518. The van der Waals surface area contributed by atoms with Crippen molar-refractivity contribution in [2.45, 2.75) is 20.3 Å². The predicted molar refractivity (Wildman–Crippen MR) is 59.9 cm³/mol. The second-order valence-corrected chi connectivity index (χ2v) is 4.02. The number of carbonyl (C=O) groups is 2. The van der Waals surface area contributed by atoms with Crippen molar-refractivity contribution in [2.24, 2.45) is 5.92 Å². The number of ether oxygens (including phenoxy) is 1. The number of carbonyl (C=O) groups excluding carboxylic acids is 2. The lowest BCUT2D eigenvalue weighted by molar-refractivity contribution is -0.136. The molecule has 1 N–H and O–H groups in total. The summed E-state index contributed by atoms with van der Waals surface area (Å²) in [5.74, 6) is -0.110. The van der Waals surface area contributed by atoms with Crippen LogP contribution in [0.5, 0.6) is 0 Å². The van der Waals surface area contributed by atoms with Gasteiger partial charge >= 0.3 is 0 Å². The highest BCUT2D eigenvalue weighted by Crippen LogP contribution is 2.00. The molecule has 2 amide bonds. The van der Waals surface area contributed by atoms with E-state index < -0.39 is 0 Å². The third-order valence-corrected chi connectivity index (χ3v) is 2.84. The minimum Gasteiger partial charge on any atom is -0.378 e. The maximum atomic E-state index is 11.7. The zero-order chi connectivity index (χ0) is 12.0. The van der Waals surface area contributed by atoms with E-state index in [4.69, 9.17) is 4.74 Å². The van der Waals surface area contributed by atoms with Gasteiger partial charge in [0.25, 0.3) is 0 Å². The fraction of sp³-hybridized carbons (Fsp3) is 0.818. The normalized spacial score (nSPS) is 18.0. The number of nitrogens with one attached hydrogen (secondary N) is 1. The van der Waals surface area contributed by atoms with Crippen molar-refractivity contribution < 1.29 is 14.3 Å². The second-order valence-electron chi connectivity index (χ2n) is 4.02. The number of hydrogen-bond donors (Lipinski definition) is 1. The molecule has 0 aromatic carbocycles. The van der Waals surface area contributed by atoms with Gasteiger partial charge in [0.2, 0.25) is 11.8 Å². The van der Waals surface area contributed by atoms with Crippen LogP contribution in [0.3, 0.4) is 0 Å². The summed E-state index contributed by atoms with van der Waals surface area (Å²) < 4.78 is 5.15. The molecule has 0 radical (unpaired) electrons. The third kappa shape index (κ3) is 3.81. The fourth-order valence-electron chi connectivity index (χ4n) is 1.45. The van der Waals surface area contributed by atoms with Crippen LogP contribution in [0.2, 0.25) is 0 Å². The minimum absolute atomic E-state index is 0.0278. The Morgan fingerprint density at radius 1 is 1.38 bits per heavy atom. The molecule has 0 spiro atoms. The number of amides is 2. The topological polar surface area (TPSA) is 58.6 Å². The molecule has 1 atom stereocenters. The maximum Gasteiger partial charge on any atom is 0.242 e. The van der Waals surface area contributed by atoms with Crippen molar-refractivity contribution in [3.05, 3.63) is 0 Å². The number of nitrogens with zero attached hydrogens (tertiary/aromatic N) is 1. The van der Waals surface area contributed by atoms with Crippen LogP contribution in [0.15, 0.2) is 0 Å². The molecule has 5 nitrogen and oxygen atoms in total. The van der Waals surface area contributed by atoms with Gasteiger partial charge in [-0.15, -0.1) is 0 Å². The van der Waals surface area contributed by atoms with E-state index in [0.717, 1.165) is 6.42 Å². The molecule has 0 saturated carbocycles. The van der Waals surface area contributed by atoms with Crippen molar-refractivity contribution >= 4 is 11.8 Å². The summed E-state index contributed by atoms with van der Waals surface area (Å²) in [4.78, 5) is 24.8. The summed E-state index contributed by atoms with van der Waals surface area (Å²) >= 11 is 0. The molecule has 92 valence electrons. The zero-order valence-corrected chi connectivity index (χ0v) is 9.99. The molecule has 1 unspecified atom stereocenters. The average Bonchev–Trinajstić information content (AvgIpc) is 2.35. The third-order valence-electron chi connectivity index (χ3n) is 2.84. The summed E-state index contributed by atoms with van der Waals surface area (Å²) in [6.45, 7) is 6.33. The summed E-state index contributed by atoms with van der Waals surface area (Å²) in [5, 5.41) is 2.66. The highest BCUT2D eigenvalue weighted by molar-refractivity contribution is 5.85. The van der Waals surface area contributed by atoms with Crippen LogP contribution in [0, 0.1) is 5.92 Å². The van der Waals surface area contributed by atoms with Gasteiger partial charge < -0.3 is 15.0 Å². The highest BCUT2D eigenvalue weighted by Gasteiger charge is 2.18. The summed E-state index contributed by atoms with van der Waals surface area (Å²) in [6, 6.07) is 0. The van der Waals surface area contributed by atoms with E-state index >= 15 is 0 Å². The van der Waals surface area contributed by atoms with Gasteiger partial charge in [-0.05, 0) is 6.42 Å². The van der Waals surface area contributed by atoms with Gasteiger partial charge in [0, 0.05) is 19.0 Å². The first-order valence-corrected chi connectivity index (χ1v) is 5.78. The SMILES string of the molecule is CCC(C)C(=O)NCC(=O)N1CCOCC1. The molecular formula is C11H20N2O3. The smallest absolute Gasteiger partial charge is 0.242 e. The Balaban J connectivity index is 2.26. The van der Waals surface area contributed by atoms with Gasteiger partial charge in [-0.1, -0.05) is 13.8 Å². The molecule has 0 bridgehead atoms. The largest absolute Gasteiger partial charge is 0.378 e. The predicted octanol–water partition coefficient (Wildman–Crippen LogP) is 0.00750. The van der Waals surface area contributed by atoms with E-state index in [1.54, 1.807) is 4.90 Å². The Morgan fingerprint density at radius 2 is 2.00 bits per heavy atom. The Kier molecular flexibility index (Phi) is 5.25. The van der Waals surface area contributed by atoms with Crippen molar-refractivity contribution in [1.82, 2.24) is 10.2 Å². The summed E-state index contributed by atoms with van der Waals surface area (Å²) in [5.41, 5.74) is 0. The molecule has 16 heavy (non-hydrogen) atoms. The molecule has 1 fully saturated rings. The zero-order valence-electron chi connectivity index (χ0n) is 9.99. The number of hydrogen-bond acceptors (Lipinski definition) is 3. The van der Waals surface area contributed by atoms with E-state index in [0.29, 0.717) is 26.3 Å². The first-order valence-electron chi connectivity index (χ1n) is 5.78. The van der Waals surface area contributed by atoms with E-state index in [1.807, 2.05) is 13.8 Å². The lowest BCUT2D eigenvalue weighted by Crippen LogP contribution is -2.46. The van der Waals surface area contributed by atoms with E-state index in [-0.39, 0.29) is 24.3 Å². The molecule has 5 heteroatoms. The quantitative estimate of drug-likeness (QED) is 0.737. The molecule has 1 aliphatic heterocycles. The molecule has 1 saturated heterocycles. The van der Waals surface area contributed by atoms with Gasteiger partial charge in [-0.2, -0.15) is 0 Å². The Hall–Kier alpha value is -1.10. The van der Waals surface area contributed by atoms with Crippen LogP contribution in [0.1, 0.15) is 20.3 Å². The fourth-order valence-corrected chi connectivity index (χ4v) is 1.45. The Bertz CT molecular complexity index is 250. The molecule has 1 rings (SSSR count). The highest BCUT2D eigenvalue weighted by atomic mass is 16.5. The van der Waals surface area contributed by atoms with E-state index in [9.17, 15) is 9.59 Å². The summed E-state index contributed by atoms with van der Waals surface area (Å²) in [6.07, 6.45) is 0.789. The number of morpholine rings is 1. The first-order chi connectivity index (χ1) is 7.65. The molecular weight excluding hydrogens is 208 g/mol. The van der Waals surface area contributed by atoms with Gasteiger partial charge in [0.15, 0.2) is 0 Å². The first kappa shape index (κ1) is 13.0. The van der Waals surface area contributed by atoms with E-state index in [2.05, 4.69) is 5.32 Å².